The molecule has 0 saturated heterocycles. The highest BCUT2D eigenvalue weighted by Crippen LogP contribution is 2.23. The second-order valence-corrected chi connectivity index (χ2v) is 8.89. The third-order valence-electron chi connectivity index (χ3n) is 6.35. The molecule has 9 heteroatoms. The lowest BCUT2D eigenvalue weighted by Crippen LogP contribution is -2.33. The Kier molecular flexibility index (Phi) is 8.92. The number of aromatic nitrogens is 3. The van der Waals surface area contributed by atoms with E-state index < -0.39 is 5.97 Å². The zero-order valence-corrected chi connectivity index (χ0v) is 21.9. The summed E-state index contributed by atoms with van der Waals surface area (Å²) in [6.07, 6.45) is 5.86. The predicted octanol–water partition coefficient (Wildman–Crippen LogP) is 5.21. The minimum absolute atomic E-state index is 0.0296. The van der Waals surface area contributed by atoms with E-state index in [4.69, 9.17) is 9.15 Å². The number of nitrogens with zero attached hydrogens (tertiary/aromatic N) is 4. The number of anilines is 1. The SMILES string of the molecule is CC/C(=C\OCc1ccccc1)CCC(=O)N(CCc1cn(C)c2ccccc12)c1nnc(C(=O)OC)o1. The monoisotopic (exact) mass is 516 g/mol. The van der Waals surface area contributed by atoms with Crippen LogP contribution in [0.2, 0.25) is 0 Å². The quantitative estimate of drug-likeness (QED) is 0.188. The molecule has 0 bridgehead atoms. The molecule has 1 amide bonds. The molecule has 0 aliphatic carbocycles. The molecule has 0 spiro atoms. The van der Waals surface area contributed by atoms with Gasteiger partial charge in [0.25, 0.3) is 0 Å². The first-order chi connectivity index (χ1) is 18.5. The summed E-state index contributed by atoms with van der Waals surface area (Å²) in [6, 6.07) is 18.0. The Balaban J connectivity index is 1.46. The fraction of sp³-hybridized carbons (Fsp3) is 0.310. The molecule has 0 saturated carbocycles. The van der Waals surface area contributed by atoms with Crippen molar-refractivity contribution in [1.82, 2.24) is 14.8 Å². The maximum Gasteiger partial charge on any atom is 0.396 e. The van der Waals surface area contributed by atoms with Crippen LogP contribution in [0.25, 0.3) is 10.9 Å². The molecule has 0 aliphatic heterocycles. The van der Waals surface area contributed by atoms with Gasteiger partial charge in [0.15, 0.2) is 0 Å². The number of methoxy groups -OCH3 is 1. The number of ether oxygens (including phenoxy) is 2. The average molecular weight is 517 g/mol. The van der Waals surface area contributed by atoms with Crippen molar-refractivity contribution in [3.8, 4) is 0 Å². The van der Waals surface area contributed by atoms with Gasteiger partial charge in [0.05, 0.1) is 13.4 Å². The van der Waals surface area contributed by atoms with Crippen LogP contribution in [0, 0.1) is 0 Å². The van der Waals surface area contributed by atoms with Gasteiger partial charge in [-0.2, -0.15) is 0 Å². The first-order valence-corrected chi connectivity index (χ1v) is 12.6. The second-order valence-electron chi connectivity index (χ2n) is 8.89. The van der Waals surface area contributed by atoms with Gasteiger partial charge in [-0.25, -0.2) is 4.79 Å². The van der Waals surface area contributed by atoms with E-state index in [1.807, 2.05) is 56.4 Å². The lowest BCUT2D eigenvalue weighted by atomic mass is 10.1. The number of hydrogen-bond donors (Lipinski definition) is 0. The van der Waals surface area contributed by atoms with Crippen molar-refractivity contribution in [2.24, 2.45) is 7.05 Å². The van der Waals surface area contributed by atoms with E-state index in [2.05, 4.69) is 37.8 Å². The summed E-state index contributed by atoms with van der Waals surface area (Å²) in [4.78, 5) is 26.7. The summed E-state index contributed by atoms with van der Waals surface area (Å²) in [7, 11) is 3.22. The molecule has 0 aliphatic rings. The van der Waals surface area contributed by atoms with Gasteiger partial charge in [-0.3, -0.25) is 9.69 Å². The van der Waals surface area contributed by atoms with Crippen LogP contribution < -0.4 is 4.90 Å². The van der Waals surface area contributed by atoms with Crippen LogP contribution in [-0.4, -0.2) is 40.3 Å². The number of carbonyl (C=O) groups excluding carboxylic acids is 2. The van der Waals surface area contributed by atoms with Crippen molar-refractivity contribution in [3.05, 3.63) is 89.6 Å². The molecule has 2 aromatic heterocycles. The van der Waals surface area contributed by atoms with Crippen molar-refractivity contribution >= 4 is 28.8 Å². The van der Waals surface area contributed by atoms with Crippen molar-refractivity contribution in [3.63, 3.8) is 0 Å². The van der Waals surface area contributed by atoms with Gasteiger partial charge < -0.3 is 18.5 Å². The topological polar surface area (TPSA) is 99.7 Å². The molecule has 0 N–H and O–H groups in total. The van der Waals surface area contributed by atoms with Crippen molar-refractivity contribution in [1.29, 1.82) is 0 Å². The molecule has 198 valence electrons. The van der Waals surface area contributed by atoms with Crippen molar-refractivity contribution in [2.75, 3.05) is 18.6 Å². The number of benzene rings is 2. The van der Waals surface area contributed by atoms with E-state index in [1.54, 1.807) is 6.26 Å². The number of rotatable bonds is 12. The standard InChI is InChI=1S/C29H32N4O5/c1-4-21(19-37-20-22-10-6-5-7-11-22)14-15-26(34)33(29-31-30-27(38-29)28(35)36-3)17-16-23-18-32(2)25-13-9-8-12-24(23)25/h5-13,18-19H,4,14-17,20H2,1-3H3/b21-19+. The molecule has 2 aromatic carbocycles. The predicted molar refractivity (Wildman–Crippen MR) is 143 cm³/mol. The molecular formula is C29H32N4O5. The zero-order valence-electron chi connectivity index (χ0n) is 21.9. The van der Waals surface area contributed by atoms with Gasteiger partial charge in [-0.05, 0) is 42.0 Å². The van der Waals surface area contributed by atoms with Gasteiger partial charge in [0.1, 0.15) is 6.61 Å². The lowest BCUT2D eigenvalue weighted by molar-refractivity contribution is -0.118. The van der Waals surface area contributed by atoms with Gasteiger partial charge in [0, 0.05) is 37.1 Å². The van der Waals surface area contributed by atoms with E-state index in [9.17, 15) is 9.59 Å². The van der Waals surface area contributed by atoms with Gasteiger partial charge >= 0.3 is 17.9 Å². The first-order valence-electron chi connectivity index (χ1n) is 12.6. The highest BCUT2D eigenvalue weighted by molar-refractivity contribution is 5.92. The molecule has 9 nitrogen and oxygen atoms in total. The van der Waals surface area contributed by atoms with Crippen molar-refractivity contribution < 1.29 is 23.5 Å². The maximum atomic E-state index is 13.4. The minimum Gasteiger partial charge on any atom is -0.497 e. The third kappa shape index (κ3) is 6.47. The molecule has 0 atom stereocenters. The summed E-state index contributed by atoms with van der Waals surface area (Å²) in [5.74, 6) is -1.24. The Morgan fingerprint density at radius 2 is 1.82 bits per heavy atom. The number of allylic oxidation sites excluding steroid dienone is 1. The van der Waals surface area contributed by atoms with Crippen LogP contribution in [0.3, 0.4) is 0 Å². The Labute approximate surface area is 221 Å². The lowest BCUT2D eigenvalue weighted by Gasteiger charge is -2.18. The summed E-state index contributed by atoms with van der Waals surface area (Å²) in [5.41, 5.74) is 4.30. The number of aryl methyl sites for hydroxylation is 1. The summed E-state index contributed by atoms with van der Waals surface area (Å²) < 4.78 is 18.0. The second kappa shape index (κ2) is 12.7. The molecule has 4 rings (SSSR count). The van der Waals surface area contributed by atoms with Crippen molar-refractivity contribution in [2.45, 2.75) is 39.2 Å². The molecule has 2 heterocycles. The Hall–Kier alpha value is -4.40. The van der Waals surface area contributed by atoms with Crippen LogP contribution in [0.15, 0.2) is 77.0 Å². The average Bonchev–Trinajstić information content (AvgIpc) is 3.56. The first kappa shape index (κ1) is 26.7. The van der Waals surface area contributed by atoms with E-state index in [-0.39, 0.29) is 24.2 Å². The third-order valence-corrected chi connectivity index (χ3v) is 6.35. The van der Waals surface area contributed by atoms with Crippen LogP contribution in [0.1, 0.15) is 48.0 Å². The maximum absolute atomic E-state index is 13.4. The highest BCUT2D eigenvalue weighted by atomic mass is 16.5. The van der Waals surface area contributed by atoms with Crippen LogP contribution in [0.4, 0.5) is 6.01 Å². The highest BCUT2D eigenvalue weighted by Gasteiger charge is 2.25. The Morgan fingerprint density at radius 3 is 2.58 bits per heavy atom. The zero-order chi connectivity index (χ0) is 26.9. The molecular weight excluding hydrogens is 484 g/mol. The van der Waals surface area contributed by atoms with E-state index in [0.717, 1.165) is 34.0 Å². The number of hydrogen-bond acceptors (Lipinski definition) is 7. The number of fused-ring (bicyclic) bond motifs is 1. The van der Waals surface area contributed by atoms with E-state index in [1.165, 1.54) is 12.0 Å². The normalized spacial score (nSPS) is 11.5. The molecule has 0 radical (unpaired) electrons. The summed E-state index contributed by atoms with van der Waals surface area (Å²) in [5, 5.41) is 8.84. The van der Waals surface area contributed by atoms with E-state index in [0.29, 0.717) is 26.0 Å². The van der Waals surface area contributed by atoms with Gasteiger partial charge in [-0.1, -0.05) is 65.7 Å². The smallest absolute Gasteiger partial charge is 0.396 e. The Bertz CT molecular complexity index is 1410. The number of esters is 1. The number of para-hydroxylation sites is 1. The summed E-state index contributed by atoms with van der Waals surface area (Å²) in [6.45, 7) is 2.81. The van der Waals surface area contributed by atoms with Gasteiger partial charge in [0.2, 0.25) is 5.91 Å². The van der Waals surface area contributed by atoms with E-state index >= 15 is 0 Å². The molecule has 4 aromatic rings. The van der Waals surface area contributed by atoms with Gasteiger partial charge in [-0.15, -0.1) is 0 Å². The largest absolute Gasteiger partial charge is 0.497 e. The number of carbonyl (C=O) groups is 2. The van der Waals surface area contributed by atoms with Crippen LogP contribution >= 0.6 is 0 Å². The fourth-order valence-corrected chi connectivity index (χ4v) is 4.23. The van der Waals surface area contributed by atoms with Crippen LogP contribution in [0.5, 0.6) is 0 Å². The molecule has 38 heavy (non-hydrogen) atoms. The van der Waals surface area contributed by atoms with Crippen LogP contribution in [-0.2, 0) is 34.3 Å². The minimum atomic E-state index is -0.753. The summed E-state index contributed by atoms with van der Waals surface area (Å²) >= 11 is 0. The molecule has 0 unspecified atom stereocenters. The number of amides is 1. The fourth-order valence-electron chi connectivity index (χ4n) is 4.23. The Morgan fingerprint density at radius 1 is 1.05 bits per heavy atom. The molecule has 0 fully saturated rings.